The quantitative estimate of drug-likeness (QED) is 0.624. The highest BCUT2D eigenvalue weighted by atomic mass is 19.1. The van der Waals surface area contributed by atoms with Crippen molar-refractivity contribution >= 4 is 11.8 Å². The van der Waals surface area contributed by atoms with Crippen LogP contribution in [0.15, 0.2) is 12.1 Å². The van der Waals surface area contributed by atoms with Gasteiger partial charge in [-0.1, -0.05) is 0 Å². The Morgan fingerprint density at radius 3 is 2.24 bits per heavy atom. The molecular formula is C11H11FO5. The highest BCUT2D eigenvalue weighted by Gasteiger charge is 2.22. The molecular weight excluding hydrogens is 231 g/mol. The van der Waals surface area contributed by atoms with E-state index in [2.05, 4.69) is 0 Å². The third-order valence-corrected chi connectivity index (χ3v) is 2.19. The molecule has 0 saturated heterocycles. The minimum Gasteiger partial charge on any atom is -0.496 e. The fraction of sp³-hybridized carbons (Fsp3) is 0.273. The minimum atomic E-state index is -1.61. The van der Waals surface area contributed by atoms with Crippen LogP contribution in [0.4, 0.5) is 4.39 Å². The van der Waals surface area contributed by atoms with Crippen LogP contribution < -0.4 is 9.47 Å². The number of Topliss-reactive ketones (excluding diaryl/α,β-unsaturated/α-hetero) is 1. The molecule has 0 radical (unpaired) electrons. The van der Waals surface area contributed by atoms with Gasteiger partial charge in [-0.3, -0.25) is 4.79 Å². The van der Waals surface area contributed by atoms with E-state index in [1.807, 2.05) is 0 Å². The molecule has 0 saturated carbocycles. The fourth-order valence-corrected chi connectivity index (χ4v) is 1.36. The first-order valence-corrected chi connectivity index (χ1v) is 4.63. The molecule has 1 rings (SSSR count). The highest BCUT2D eigenvalue weighted by Crippen LogP contribution is 2.29. The SMILES string of the molecule is COc1cc(C(=O)C(=O)O)c(OC)cc1CF. The maximum absolute atomic E-state index is 12.6. The second-order valence-corrected chi connectivity index (χ2v) is 3.13. The van der Waals surface area contributed by atoms with Gasteiger partial charge in [0.05, 0.1) is 19.8 Å². The number of aliphatic carboxylic acids is 1. The summed E-state index contributed by atoms with van der Waals surface area (Å²) in [5.74, 6) is -2.63. The molecule has 1 aromatic rings. The van der Waals surface area contributed by atoms with Crippen molar-refractivity contribution in [3.63, 3.8) is 0 Å². The Kier molecular flexibility index (Phi) is 4.03. The lowest BCUT2D eigenvalue weighted by Gasteiger charge is -2.11. The van der Waals surface area contributed by atoms with E-state index in [1.165, 1.54) is 20.3 Å². The van der Waals surface area contributed by atoms with E-state index in [9.17, 15) is 14.0 Å². The molecule has 1 aromatic carbocycles. The maximum Gasteiger partial charge on any atom is 0.377 e. The van der Waals surface area contributed by atoms with Crippen molar-refractivity contribution < 1.29 is 28.6 Å². The zero-order valence-corrected chi connectivity index (χ0v) is 9.32. The van der Waals surface area contributed by atoms with E-state index in [-0.39, 0.29) is 22.6 Å². The molecule has 6 heteroatoms. The minimum absolute atomic E-state index is 0.00542. The van der Waals surface area contributed by atoms with Crippen LogP contribution in [0.3, 0.4) is 0 Å². The number of carbonyl (C=O) groups excluding carboxylic acids is 1. The number of carboxylic acids is 1. The number of ether oxygens (including phenoxy) is 2. The van der Waals surface area contributed by atoms with Crippen LogP contribution in [-0.4, -0.2) is 31.1 Å². The first-order chi connectivity index (χ1) is 8.04. The zero-order chi connectivity index (χ0) is 13.0. The molecule has 1 N–H and O–H groups in total. The topological polar surface area (TPSA) is 72.8 Å². The molecule has 5 nitrogen and oxygen atoms in total. The summed E-state index contributed by atoms with van der Waals surface area (Å²) in [6, 6.07) is 2.40. The lowest BCUT2D eigenvalue weighted by Crippen LogP contribution is -2.14. The van der Waals surface area contributed by atoms with Gasteiger partial charge in [-0.15, -0.1) is 0 Å². The number of hydrogen-bond donors (Lipinski definition) is 1. The Hall–Kier alpha value is -2.11. The third-order valence-electron chi connectivity index (χ3n) is 2.19. The Balaban J connectivity index is 3.38. The Bertz CT molecular complexity index is 455. The molecule has 0 amide bonds. The first kappa shape index (κ1) is 13.0. The number of ketones is 1. The predicted octanol–water partition coefficient (Wildman–Crippen LogP) is 1.44. The van der Waals surface area contributed by atoms with Gasteiger partial charge in [0.25, 0.3) is 5.78 Å². The lowest BCUT2D eigenvalue weighted by atomic mass is 10.1. The van der Waals surface area contributed by atoms with Crippen LogP contribution in [-0.2, 0) is 11.5 Å². The van der Waals surface area contributed by atoms with Crippen LogP contribution in [0.5, 0.6) is 11.5 Å². The average molecular weight is 242 g/mol. The van der Waals surface area contributed by atoms with Crippen molar-refractivity contribution in [3.8, 4) is 11.5 Å². The number of methoxy groups -OCH3 is 2. The van der Waals surface area contributed by atoms with Crippen LogP contribution >= 0.6 is 0 Å². The van der Waals surface area contributed by atoms with E-state index < -0.39 is 18.4 Å². The summed E-state index contributed by atoms with van der Waals surface area (Å²) in [7, 11) is 2.57. The van der Waals surface area contributed by atoms with Crippen molar-refractivity contribution in [2.75, 3.05) is 14.2 Å². The maximum atomic E-state index is 12.6. The van der Waals surface area contributed by atoms with Gasteiger partial charge in [-0.2, -0.15) is 0 Å². The number of rotatable bonds is 5. The second kappa shape index (κ2) is 5.29. The number of halogens is 1. The van der Waals surface area contributed by atoms with Crippen molar-refractivity contribution in [1.29, 1.82) is 0 Å². The van der Waals surface area contributed by atoms with Crippen LogP contribution in [0.25, 0.3) is 0 Å². The monoisotopic (exact) mass is 242 g/mol. The van der Waals surface area contributed by atoms with E-state index in [0.29, 0.717) is 0 Å². The normalized spacial score (nSPS) is 9.82. The van der Waals surface area contributed by atoms with Gasteiger partial charge in [-0.25, -0.2) is 9.18 Å². The van der Waals surface area contributed by atoms with Gasteiger partial charge in [0, 0.05) is 5.56 Å². The van der Waals surface area contributed by atoms with Crippen LogP contribution in [0, 0.1) is 0 Å². The number of benzene rings is 1. The molecule has 0 bridgehead atoms. The van der Waals surface area contributed by atoms with Gasteiger partial charge in [0.2, 0.25) is 0 Å². The Morgan fingerprint density at radius 2 is 1.82 bits per heavy atom. The number of carbonyl (C=O) groups is 2. The largest absolute Gasteiger partial charge is 0.496 e. The molecule has 17 heavy (non-hydrogen) atoms. The summed E-state index contributed by atoms with van der Waals surface area (Å²) < 4.78 is 22.4. The third kappa shape index (κ3) is 2.52. The summed E-state index contributed by atoms with van der Waals surface area (Å²) in [5, 5.41) is 8.63. The molecule has 0 aromatic heterocycles. The molecule has 0 fully saturated rings. The molecule has 0 atom stereocenters. The van der Waals surface area contributed by atoms with Crippen LogP contribution in [0.2, 0.25) is 0 Å². The molecule has 0 aliphatic heterocycles. The van der Waals surface area contributed by atoms with Crippen molar-refractivity contribution in [3.05, 3.63) is 23.3 Å². The van der Waals surface area contributed by atoms with Gasteiger partial charge < -0.3 is 14.6 Å². The Labute approximate surface area is 96.8 Å². The van der Waals surface area contributed by atoms with E-state index in [4.69, 9.17) is 14.6 Å². The lowest BCUT2D eigenvalue weighted by molar-refractivity contribution is -0.131. The molecule has 0 aliphatic rings. The van der Waals surface area contributed by atoms with Crippen molar-refractivity contribution in [2.45, 2.75) is 6.67 Å². The second-order valence-electron chi connectivity index (χ2n) is 3.13. The highest BCUT2D eigenvalue weighted by molar-refractivity contribution is 6.40. The van der Waals surface area contributed by atoms with Crippen LogP contribution in [0.1, 0.15) is 15.9 Å². The molecule has 0 heterocycles. The number of hydrogen-bond acceptors (Lipinski definition) is 4. The summed E-state index contributed by atoms with van der Waals surface area (Å²) >= 11 is 0. The fourth-order valence-electron chi connectivity index (χ4n) is 1.36. The molecule has 0 unspecified atom stereocenters. The Morgan fingerprint density at radius 1 is 1.24 bits per heavy atom. The number of alkyl halides is 1. The summed E-state index contributed by atoms with van der Waals surface area (Å²) in [4.78, 5) is 22.0. The smallest absolute Gasteiger partial charge is 0.377 e. The predicted molar refractivity (Wildman–Crippen MR) is 56.3 cm³/mol. The zero-order valence-electron chi connectivity index (χ0n) is 9.32. The number of carboxylic acid groups (broad SMARTS) is 1. The summed E-state index contributed by atoms with van der Waals surface area (Å²) in [6.45, 7) is -0.804. The summed E-state index contributed by atoms with van der Waals surface area (Å²) in [5.41, 5.74) is 0.0142. The van der Waals surface area contributed by atoms with Gasteiger partial charge in [0.1, 0.15) is 18.2 Å². The van der Waals surface area contributed by atoms with E-state index in [0.717, 1.165) is 6.07 Å². The van der Waals surface area contributed by atoms with Crippen molar-refractivity contribution in [1.82, 2.24) is 0 Å². The molecule has 92 valence electrons. The van der Waals surface area contributed by atoms with Gasteiger partial charge in [0.15, 0.2) is 0 Å². The van der Waals surface area contributed by atoms with E-state index >= 15 is 0 Å². The van der Waals surface area contributed by atoms with E-state index in [1.54, 1.807) is 0 Å². The first-order valence-electron chi connectivity index (χ1n) is 4.63. The van der Waals surface area contributed by atoms with Crippen molar-refractivity contribution in [2.24, 2.45) is 0 Å². The molecule has 0 aliphatic carbocycles. The standard InChI is InChI=1S/C11H11FO5/c1-16-8-4-7(10(13)11(14)15)9(17-2)3-6(8)5-12/h3-4H,5H2,1-2H3,(H,14,15). The molecule has 0 spiro atoms. The summed E-state index contributed by atoms with van der Waals surface area (Å²) in [6.07, 6.45) is 0. The van der Waals surface area contributed by atoms with Gasteiger partial charge >= 0.3 is 5.97 Å². The average Bonchev–Trinajstić information content (AvgIpc) is 2.35. The van der Waals surface area contributed by atoms with Gasteiger partial charge in [-0.05, 0) is 12.1 Å².